The van der Waals surface area contributed by atoms with E-state index in [0.717, 1.165) is 0 Å². The van der Waals surface area contributed by atoms with Gasteiger partial charge in [-0.2, -0.15) is 0 Å². The Labute approximate surface area is 243 Å². The van der Waals surface area contributed by atoms with Crippen LogP contribution in [0.25, 0.3) is 0 Å². The summed E-state index contributed by atoms with van der Waals surface area (Å²) in [6.07, 6.45) is 34.3. The third-order valence-electron chi connectivity index (χ3n) is 9.39. The summed E-state index contributed by atoms with van der Waals surface area (Å²) >= 11 is 0. The minimum Gasteiger partial charge on any atom is -0.321 e. The second-order valence-electron chi connectivity index (χ2n) is 13.7. The van der Waals surface area contributed by atoms with Crippen LogP contribution >= 0.6 is 0 Å². The molecule has 38 heavy (non-hydrogen) atoms. The Morgan fingerprint density at radius 2 is 0.421 bits per heavy atom. The zero-order valence-corrected chi connectivity index (χ0v) is 28.1. The van der Waals surface area contributed by atoms with Gasteiger partial charge >= 0.3 is 0 Å². The molecule has 0 spiro atoms. The summed E-state index contributed by atoms with van der Waals surface area (Å²) in [6.45, 7) is 17.8. The van der Waals surface area contributed by atoms with Crippen LogP contribution in [-0.4, -0.2) is 62.3 Å². The lowest BCUT2D eigenvalue weighted by Gasteiger charge is -2.40. The molecule has 2 heteroatoms. The monoisotopic (exact) mass is 539 g/mol. The molecule has 0 fully saturated rings. The normalized spacial score (nSPS) is 12.5. The Balaban J connectivity index is 4.92. The van der Waals surface area contributed by atoms with Gasteiger partial charge in [0.25, 0.3) is 0 Å². The lowest BCUT2D eigenvalue weighted by molar-refractivity contribution is -0.964. The molecule has 0 N–H and O–H groups in total. The molecule has 0 aromatic carbocycles. The quantitative estimate of drug-likeness (QED) is 0.0608. The topological polar surface area (TPSA) is 0 Å². The molecule has 0 heterocycles. The Kier molecular flexibility index (Phi) is 27.1. The molecular formula is C36H78N2+2. The first-order chi connectivity index (χ1) is 18.4. The highest BCUT2D eigenvalue weighted by atomic mass is 15.4. The van der Waals surface area contributed by atoms with Crippen LogP contribution in [0.3, 0.4) is 0 Å². The van der Waals surface area contributed by atoms with Crippen molar-refractivity contribution in [3.63, 3.8) is 0 Å². The fourth-order valence-corrected chi connectivity index (χ4v) is 6.25. The summed E-state index contributed by atoms with van der Waals surface area (Å²) in [6, 6.07) is 0. The number of hydrogen-bond acceptors (Lipinski definition) is 0. The van der Waals surface area contributed by atoms with E-state index in [1.807, 2.05) is 0 Å². The summed E-state index contributed by atoms with van der Waals surface area (Å²) < 4.78 is 2.67. The number of hydrogen-bond donors (Lipinski definition) is 0. The summed E-state index contributed by atoms with van der Waals surface area (Å²) in [4.78, 5) is 0. The van der Waals surface area contributed by atoms with Gasteiger partial charge in [-0.1, -0.05) is 130 Å². The standard InChI is InChI=1S/C36H78N2/c1-7-11-15-19-23-27-31-37(5,32-28-24-20-16-12-8-2)35-36-38(6,33-29-25-21-17-13-9-3)34-30-26-22-18-14-10-4/h7-36H2,1-6H3/q+2. The first-order valence-corrected chi connectivity index (χ1v) is 18.1. The number of likely N-dealkylation sites (N-methyl/N-ethyl adjacent to an activating group) is 2. The van der Waals surface area contributed by atoms with Crippen LogP contribution in [0.2, 0.25) is 0 Å². The fraction of sp³-hybridized carbons (Fsp3) is 1.00. The minimum atomic E-state index is 1.34. The number of rotatable bonds is 31. The van der Waals surface area contributed by atoms with Crippen LogP contribution in [0.5, 0.6) is 0 Å². The van der Waals surface area contributed by atoms with E-state index in [2.05, 4.69) is 41.8 Å². The lowest BCUT2D eigenvalue weighted by atomic mass is 10.1. The molecule has 0 unspecified atom stereocenters. The number of quaternary nitrogens is 2. The van der Waals surface area contributed by atoms with E-state index in [1.165, 1.54) is 202 Å². The minimum absolute atomic E-state index is 1.34. The first kappa shape index (κ1) is 37.9. The summed E-state index contributed by atoms with van der Waals surface area (Å²) in [5.41, 5.74) is 0. The fourth-order valence-electron chi connectivity index (χ4n) is 6.25. The molecule has 0 aromatic heterocycles. The van der Waals surface area contributed by atoms with Gasteiger partial charge in [0.15, 0.2) is 0 Å². The molecule has 0 amide bonds. The molecule has 0 saturated carbocycles. The third kappa shape index (κ3) is 23.8. The molecule has 230 valence electrons. The molecule has 0 aliphatic rings. The van der Waals surface area contributed by atoms with Crippen molar-refractivity contribution < 1.29 is 8.97 Å². The molecule has 2 nitrogen and oxygen atoms in total. The Morgan fingerprint density at radius 3 is 0.632 bits per heavy atom. The van der Waals surface area contributed by atoms with E-state index in [1.54, 1.807) is 0 Å². The average molecular weight is 539 g/mol. The van der Waals surface area contributed by atoms with Crippen molar-refractivity contribution >= 4 is 0 Å². The van der Waals surface area contributed by atoms with Gasteiger partial charge in [0.2, 0.25) is 0 Å². The van der Waals surface area contributed by atoms with Crippen LogP contribution < -0.4 is 0 Å². The van der Waals surface area contributed by atoms with E-state index < -0.39 is 0 Å². The second-order valence-corrected chi connectivity index (χ2v) is 13.7. The molecule has 0 aliphatic carbocycles. The Morgan fingerprint density at radius 1 is 0.237 bits per heavy atom. The van der Waals surface area contributed by atoms with Crippen molar-refractivity contribution in [2.24, 2.45) is 0 Å². The van der Waals surface area contributed by atoms with Gasteiger partial charge in [0, 0.05) is 0 Å². The third-order valence-corrected chi connectivity index (χ3v) is 9.39. The van der Waals surface area contributed by atoms with Gasteiger partial charge in [0.1, 0.15) is 13.1 Å². The van der Waals surface area contributed by atoms with E-state index in [9.17, 15) is 0 Å². The molecule has 0 radical (unpaired) electrons. The molecule has 0 rings (SSSR count). The molecule has 0 aromatic rings. The van der Waals surface area contributed by atoms with Crippen molar-refractivity contribution in [1.29, 1.82) is 0 Å². The maximum Gasteiger partial charge on any atom is 0.128 e. The first-order valence-electron chi connectivity index (χ1n) is 18.1. The molecule has 0 atom stereocenters. The van der Waals surface area contributed by atoms with Crippen LogP contribution in [0.15, 0.2) is 0 Å². The number of unbranched alkanes of at least 4 members (excludes halogenated alkanes) is 20. The van der Waals surface area contributed by atoms with Crippen molar-refractivity contribution in [2.75, 3.05) is 53.4 Å². The van der Waals surface area contributed by atoms with Crippen molar-refractivity contribution in [3.8, 4) is 0 Å². The molecular weight excluding hydrogens is 460 g/mol. The van der Waals surface area contributed by atoms with E-state index in [-0.39, 0.29) is 0 Å². The van der Waals surface area contributed by atoms with E-state index in [4.69, 9.17) is 0 Å². The van der Waals surface area contributed by atoms with Crippen LogP contribution in [0.4, 0.5) is 0 Å². The van der Waals surface area contributed by atoms with Gasteiger partial charge in [-0.05, 0) is 51.4 Å². The van der Waals surface area contributed by atoms with Crippen molar-refractivity contribution in [2.45, 2.75) is 182 Å². The van der Waals surface area contributed by atoms with E-state index >= 15 is 0 Å². The number of nitrogens with zero attached hydrogens (tertiary/aromatic N) is 2. The van der Waals surface area contributed by atoms with Gasteiger partial charge in [-0.3, -0.25) is 0 Å². The zero-order chi connectivity index (χ0) is 28.2. The van der Waals surface area contributed by atoms with Crippen LogP contribution in [0, 0.1) is 0 Å². The van der Waals surface area contributed by atoms with Crippen molar-refractivity contribution in [3.05, 3.63) is 0 Å². The summed E-state index contributed by atoms with van der Waals surface area (Å²) in [5, 5.41) is 0. The highest BCUT2D eigenvalue weighted by Gasteiger charge is 2.28. The molecule has 0 aliphatic heterocycles. The Bertz CT molecular complexity index is 386. The predicted octanol–water partition coefficient (Wildman–Crippen LogP) is 11.3. The Hall–Kier alpha value is -0.0800. The van der Waals surface area contributed by atoms with Crippen LogP contribution in [-0.2, 0) is 0 Å². The van der Waals surface area contributed by atoms with Gasteiger partial charge < -0.3 is 8.97 Å². The van der Waals surface area contributed by atoms with Crippen molar-refractivity contribution in [1.82, 2.24) is 0 Å². The lowest BCUT2D eigenvalue weighted by Crippen LogP contribution is -2.55. The summed E-state index contributed by atoms with van der Waals surface area (Å²) in [7, 11) is 5.25. The van der Waals surface area contributed by atoms with Gasteiger partial charge in [-0.25, -0.2) is 0 Å². The van der Waals surface area contributed by atoms with E-state index in [0.29, 0.717) is 0 Å². The highest BCUT2D eigenvalue weighted by molar-refractivity contribution is 4.53. The van der Waals surface area contributed by atoms with Gasteiger partial charge in [0.05, 0.1) is 40.3 Å². The SMILES string of the molecule is CCCCCCCC[N+](C)(CCCCCCCC)CC[N+](C)(CCCCCCCC)CCCCCCCC. The maximum absolute atomic E-state index is 2.62. The second kappa shape index (κ2) is 27.1. The van der Waals surface area contributed by atoms with Gasteiger partial charge in [-0.15, -0.1) is 0 Å². The summed E-state index contributed by atoms with van der Waals surface area (Å²) in [5.74, 6) is 0. The smallest absolute Gasteiger partial charge is 0.128 e. The largest absolute Gasteiger partial charge is 0.321 e. The van der Waals surface area contributed by atoms with Crippen LogP contribution in [0.1, 0.15) is 182 Å². The molecule has 0 saturated heterocycles. The average Bonchev–Trinajstić information content (AvgIpc) is 2.91. The zero-order valence-electron chi connectivity index (χ0n) is 28.1. The molecule has 0 bridgehead atoms. The maximum atomic E-state index is 2.62. The highest BCUT2D eigenvalue weighted by Crippen LogP contribution is 2.18. The predicted molar refractivity (Wildman–Crippen MR) is 175 cm³/mol.